The van der Waals surface area contributed by atoms with Crippen LogP contribution in [0.3, 0.4) is 0 Å². The molecule has 1 fully saturated rings. The summed E-state index contributed by atoms with van der Waals surface area (Å²) in [5, 5.41) is 5.80. The van der Waals surface area contributed by atoms with Gasteiger partial charge in [-0.2, -0.15) is 13.2 Å². The van der Waals surface area contributed by atoms with Gasteiger partial charge in [0, 0.05) is 30.2 Å². The fraction of sp³-hybridized carbons (Fsp3) is 0.515. The minimum Gasteiger partial charge on any atom is -0.444 e. The number of rotatable bonds is 8. The Kier molecular flexibility index (Phi) is 10.7. The minimum atomic E-state index is -4.71. The zero-order chi connectivity index (χ0) is 36.4. The summed E-state index contributed by atoms with van der Waals surface area (Å²) in [6.07, 6.45) is 3.70. The number of aromatic nitrogens is 4. The number of carbonyl (C=O) groups excluding carboxylic acids is 2. The smallest absolute Gasteiger partial charge is 0.418 e. The van der Waals surface area contributed by atoms with Crippen LogP contribution < -0.4 is 21.3 Å². The van der Waals surface area contributed by atoms with Crippen molar-refractivity contribution in [3.63, 3.8) is 0 Å². The third-order valence-corrected chi connectivity index (χ3v) is 12.0. The van der Waals surface area contributed by atoms with Crippen molar-refractivity contribution in [3.8, 4) is 11.4 Å². The molecule has 3 aromatic rings. The average Bonchev–Trinajstić information content (AvgIpc) is 2.99. The van der Waals surface area contributed by atoms with E-state index in [0.717, 1.165) is 18.3 Å². The maximum Gasteiger partial charge on any atom is 0.418 e. The fourth-order valence-corrected chi connectivity index (χ4v) is 5.74. The first-order valence-electron chi connectivity index (χ1n) is 15.7. The van der Waals surface area contributed by atoms with Gasteiger partial charge in [-0.15, -0.1) is 10.3 Å². The van der Waals surface area contributed by atoms with Crippen molar-refractivity contribution in [2.45, 2.75) is 76.4 Å². The standard InChI is InChI=1S/C33H45F3N8O4S/c1-30(2,3)48-29(46)43-32(20-47-49(7,8)31(4,5)6)13-17-44(18-14-32)23-12-10-16-39-27(23)42-28(45)25-26(37)40-19-22(41-25)24-21(33(34,35)36)11-9-15-38-24/h9-12,15-16,19H,13-14,17-18,20H2,1-8H3,(H2,37,40)(H,43,46)(H,39,42,45). The highest BCUT2D eigenvalue weighted by Crippen LogP contribution is 2.54. The number of amides is 2. The van der Waals surface area contributed by atoms with E-state index in [0.29, 0.717) is 31.6 Å². The number of anilines is 3. The van der Waals surface area contributed by atoms with Crippen molar-refractivity contribution in [1.82, 2.24) is 25.3 Å². The molecule has 1 aliphatic rings. The summed E-state index contributed by atoms with van der Waals surface area (Å²) in [7, 11) is -1.50. The second kappa shape index (κ2) is 14.0. The molecule has 4 heterocycles. The Morgan fingerprint density at radius 3 is 2.24 bits per heavy atom. The van der Waals surface area contributed by atoms with Crippen molar-refractivity contribution >= 4 is 39.6 Å². The summed E-state index contributed by atoms with van der Waals surface area (Å²) in [5.74, 6) is -0.899. The first kappa shape index (κ1) is 37.6. The molecular formula is C33H45F3N8O4S. The van der Waals surface area contributed by atoms with Crippen LogP contribution in [-0.2, 0) is 15.1 Å². The molecule has 3 aromatic heterocycles. The number of carbonyl (C=O) groups is 2. The molecule has 268 valence electrons. The molecule has 0 aromatic carbocycles. The Balaban J connectivity index is 1.56. The third kappa shape index (κ3) is 9.29. The molecule has 12 nitrogen and oxygen atoms in total. The first-order valence-corrected chi connectivity index (χ1v) is 18.0. The molecule has 2 amide bonds. The maximum atomic E-state index is 13.7. The van der Waals surface area contributed by atoms with Crippen LogP contribution in [0.5, 0.6) is 0 Å². The zero-order valence-corrected chi connectivity index (χ0v) is 29.9. The van der Waals surface area contributed by atoms with Gasteiger partial charge in [0.25, 0.3) is 5.91 Å². The van der Waals surface area contributed by atoms with E-state index in [9.17, 15) is 22.8 Å². The number of pyridine rings is 2. The van der Waals surface area contributed by atoms with Crippen LogP contribution in [0.25, 0.3) is 11.4 Å². The van der Waals surface area contributed by atoms with Crippen LogP contribution >= 0.6 is 10.3 Å². The van der Waals surface area contributed by atoms with Crippen molar-refractivity contribution in [1.29, 1.82) is 0 Å². The maximum absolute atomic E-state index is 13.7. The average molecular weight is 707 g/mol. The van der Waals surface area contributed by atoms with Crippen molar-refractivity contribution in [3.05, 3.63) is 54.1 Å². The van der Waals surface area contributed by atoms with Crippen LogP contribution in [0.2, 0.25) is 0 Å². The first-order chi connectivity index (χ1) is 22.6. The molecule has 0 atom stereocenters. The highest BCUT2D eigenvalue weighted by molar-refractivity contribution is 8.29. The van der Waals surface area contributed by atoms with Gasteiger partial charge < -0.3 is 30.2 Å². The van der Waals surface area contributed by atoms with Crippen LogP contribution in [0.4, 0.5) is 35.3 Å². The Bertz CT molecular complexity index is 1670. The molecule has 4 rings (SSSR count). The molecule has 0 unspecified atom stereocenters. The third-order valence-electron chi connectivity index (χ3n) is 8.32. The van der Waals surface area contributed by atoms with Crippen molar-refractivity contribution < 1.29 is 31.7 Å². The number of hydrogen-bond acceptors (Lipinski definition) is 10. The molecule has 0 saturated carbocycles. The summed E-state index contributed by atoms with van der Waals surface area (Å²) in [5.41, 5.74) is 2.99. The Hall–Kier alpha value is -4.18. The summed E-state index contributed by atoms with van der Waals surface area (Å²) in [6, 6.07) is 5.54. The van der Waals surface area contributed by atoms with E-state index in [2.05, 4.69) is 63.9 Å². The number of nitrogens with one attached hydrogen (secondary N) is 2. The van der Waals surface area contributed by atoms with Gasteiger partial charge in [0.15, 0.2) is 17.3 Å². The number of hydrogen-bond donors (Lipinski definition) is 3. The number of alkyl carbamates (subject to hydrolysis) is 1. The van der Waals surface area contributed by atoms with Crippen molar-refractivity contribution in [2.24, 2.45) is 0 Å². The summed E-state index contributed by atoms with van der Waals surface area (Å²) in [6.45, 7) is 13.0. The summed E-state index contributed by atoms with van der Waals surface area (Å²) < 4.78 is 53.0. The normalized spacial score (nSPS) is 15.8. The number of halogens is 3. The van der Waals surface area contributed by atoms with E-state index < -0.39 is 50.9 Å². The SMILES string of the molecule is CC(C)(C)OC(=O)NC1(COS(C)(C)C(C)(C)C)CCN(c2cccnc2NC(=O)c2nc(-c3ncccc3C(F)(F)F)cnc2N)CC1. The number of nitrogens with zero attached hydrogens (tertiary/aromatic N) is 5. The predicted octanol–water partition coefficient (Wildman–Crippen LogP) is 6.44. The van der Waals surface area contributed by atoms with E-state index in [1.54, 1.807) is 32.9 Å². The lowest BCUT2D eigenvalue weighted by Gasteiger charge is -2.48. The minimum absolute atomic E-state index is 0.0882. The molecule has 49 heavy (non-hydrogen) atoms. The summed E-state index contributed by atoms with van der Waals surface area (Å²) >= 11 is 0. The molecule has 0 radical (unpaired) electrons. The van der Waals surface area contributed by atoms with Gasteiger partial charge in [0.1, 0.15) is 17.0 Å². The quantitative estimate of drug-likeness (QED) is 0.238. The van der Waals surface area contributed by atoms with E-state index >= 15 is 0 Å². The lowest BCUT2D eigenvalue weighted by molar-refractivity contribution is -0.137. The van der Waals surface area contributed by atoms with Crippen LogP contribution in [0.1, 0.15) is 70.4 Å². The Labute approximate surface area is 286 Å². The van der Waals surface area contributed by atoms with Crippen LogP contribution in [0.15, 0.2) is 42.9 Å². The number of nitrogens with two attached hydrogens (primary N) is 1. The van der Waals surface area contributed by atoms with E-state index in [4.69, 9.17) is 14.7 Å². The molecule has 4 N–H and O–H groups in total. The monoisotopic (exact) mass is 706 g/mol. The fourth-order valence-electron chi connectivity index (χ4n) is 4.87. The van der Waals surface area contributed by atoms with E-state index in [1.165, 1.54) is 12.4 Å². The van der Waals surface area contributed by atoms with E-state index in [-0.39, 0.29) is 34.4 Å². The molecule has 0 spiro atoms. The molecule has 0 bridgehead atoms. The highest BCUT2D eigenvalue weighted by atomic mass is 32.3. The number of nitrogen functional groups attached to an aromatic ring is 1. The predicted molar refractivity (Wildman–Crippen MR) is 186 cm³/mol. The number of alkyl halides is 3. The molecule has 1 saturated heterocycles. The van der Waals surface area contributed by atoms with Crippen molar-refractivity contribution in [2.75, 3.05) is 48.2 Å². The number of ether oxygens (including phenoxy) is 1. The van der Waals surface area contributed by atoms with Gasteiger partial charge in [0.05, 0.1) is 29.6 Å². The second-order valence-electron chi connectivity index (χ2n) is 14.2. The van der Waals surface area contributed by atoms with Gasteiger partial charge in [-0.3, -0.25) is 9.78 Å². The molecule has 1 aliphatic heterocycles. The van der Waals surface area contributed by atoms with Gasteiger partial charge in [-0.25, -0.2) is 19.7 Å². The second-order valence-corrected chi connectivity index (χ2v) is 18.1. The summed E-state index contributed by atoms with van der Waals surface area (Å²) in [4.78, 5) is 44.7. The molecular weight excluding hydrogens is 661 g/mol. The Morgan fingerprint density at radius 2 is 1.63 bits per heavy atom. The zero-order valence-electron chi connectivity index (χ0n) is 29.1. The lowest BCUT2D eigenvalue weighted by Crippen LogP contribution is -2.59. The topological polar surface area (TPSA) is 157 Å². The van der Waals surface area contributed by atoms with E-state index in [1.807, 2.05) is 4.90 Å². The number of piperidine rings is 1. The van der Waals surface area contributed by atoms with Gasteiger partial charge in [0.2, 0.25) is 0 Å². The van der Waals surface area contributed by atoms with Gasteiger partial charge >= 0.3 is 12.3 Å². The Morgan fingerprint density at radius 1 is 1.00 bits per heavy atom. The largest absolute Gasteiger partial charge is 0.444 e. The molecule has 16 heteroatoms. The van der Waals surface area contributed by atoms with Gasteiger partial charge in [-0.05, 0) is 70.4 Å². The van der Waals surface area contributed by atoms with Crippen LogP contribution in [0, 0.1) is 0 Å². The highest BCUT2D eigenvalue weighted by Gasteiger charge is 2.41. The molecule has 0 aliphatic carbocycles. The van der Waals surface area contributed by atoms with Gasteiger partial charge in [-0.1, -0.05) is 20.8 Å². The van der Waals surface area contributed by atoms with Crippen LogP contribution in [-0.4, -0.2) is 80.0 Å². The lowest BCUT2D eigenvalue weighted by atomic mass is 9.88.